The predicted octanol–water partition coefficient (Wildman–Crippen LogP) is 2.05. The molecule has 0 radical (unpaired) electrons. The maximum absolute atomic E-state index is 12.3. The lowest BCUT2D eigenvalue weighted by Crippen LogP contribution is -2.42. The molecule has 3 unspecified atom stereocenters. The van der Waals surface area contributed by atoms with Crippen LogP contribution in [0.1, 0.15) is 37.7 Å². The van der Waals surface area contributed by atoms with Gasteiger partial charge >= 0.3 is 0 Å². The van der Waals surface area contributed by atoms with E-state index in [1.807, 2.05) is 0 Å². The lowest BCUT2D eigenvalue weighted by Gasteiger charge is -2.24. The molecule has 1 amide bonds. The summed E-state index contributed by atoms with van der Waals surface area (Å²) in [6.45, 7) is 0.427. The average molecular weight is 373 g/mol. The highest BCUT2D eigenvalue weighted by Gasteiger charge is 2.37. The number of halogens is 1. The Morgan fingerprint density at radius 1 is 1.21 bits per heavy atom. The number of amides is 1. The molecule has 2 aliphatic rings. The van der Waals surface area contributed by atoms with E-state index in [0.29, 0.717) is 23.4 Å². The Hall–Kier alpha value is -1.11. The smallest absolute Gasteiger partial charge is 0.237 e. The molecule has 2 N–H and O–H groups in total. The summed E-state index contributed by atoms with van der Waals surface area (Å²) < 4.78 is 22.9. The van der Waals surface area contributed by atoms with Crippen LogP contribution in [-0.2, 0) is 21.2 Å². The van der Waals surface area contributed by atoms with E-state index in [9.17, 15) is 13.2 Å². The van der Waals surface area contributed by atoms with E-state index in [0.717, 1.165) is 12.0 Å². The number of carbonyl (C=O) groups is 1. The first-order valence-corrected chi connectivity index (χ1v) is 10.2. The highest BCUT2D eigenvalue weighted by atomic mass is 35.5. The molecule has 1 heterocycles. The second-order valence-electron chi connectivity index (χ2n) is 6.74. The van der Waals surface area contributed by atoms with E-state index in [-0.39, 0.29) is 24.4 Å². The first kappa shape index (κ1) is 19.2. The van der Waals surface area contributed by atoms with Gasteiger partial charge in [-0.15, -0.1) is 12.4 Å². The predicted molar refractivity (Wildman–Crippen MR) is 95.9 cm³/mol. The molecule has 5 nitrogen and oxygen atoms in total. The molecule has 0 aromatic heterocycles. The van der Waals surface area contributed by atoms with Gasteiger partial charge in [0.1, 0.15) is 0 Å². The van der Waals surface area contributed by atoms with Crippen molar-refractivity contribution in [1.82, 2.24) is 10.6 Å². The van der Waals surface area contributed by atoms with Crippen LogP contribution in [0.15, 0.2) is 29.2 Å². The van der Waals surface area contributed by atoms with E-state index in [4.69, 9.17) is 0 Å². The number of benzene rings is 1. The molecule has 1 aromatic rings. The van der Waals surface area contributed by atoms with Gasteiger partial charge in [0.25, 0.3) is 0 Å². The molecule has 1 aliphatic carbocycles. The van der Waals surface area contributed by atoms with E-state index < -0.39 is 9.84 Å². The number of fused-ring (bicyclic) bond motifs is 1. The van der Waals surface area contributed by atoms with Crippen LogP contribution in [0.3, 0.4) is 0 Å². The van der Waals surface area contributed by atoms with Crippen molar-refractivity contribution in [2.24, 2.45) is 5.92 Å². The van der Waals surface area contributed by atoms with Crippen molar-refractivity contribution < 1.29 is 13.2 Å². The molecule has 1 saturated carbocycles. The van der Waals surface area contributed by atoms with Crippen LogP contribution in [0, 0.1) is 5.92 Å². The summed E-state index contributed by atoms with van der Waals surface area (Å²) in [5.41, 5.74) is 0.904. The minimum atomic E-state index is -3.17. The van der Waals surface area contributed by atoms with E-state index in [1.165, 1.54) is 31.9 Å². The molecule has 3 rings (SSSR count). The highest BCUT2D eigenvalue weighted by molar-refractivity contribution is 7.90. The Balaban J connectivity index is 0.00000208. The van der Waals surface area contributed by atoms with Gasteiger partial charge in [0, 0.05) is 18.8 Å². The fraction of sp³-hybridized carbons (Fsp3) is 0.588. The number of sulfone groups is 1. The summed E-state index contributed by atoms with van der Waals surface area (Å²) in [5, 5.41) is 6.42. The zero-order valence-corrected chi connectivity index (χ0v) is 15.5. The third kappa shape index (κ3) is 4.49. The summed E-state index contributed by atoms with van der Waals surface area (Å²) in [4.78, 5) is 12.6. The van der Waals surface area contributed by atoms with Gasteiger partial charge in [-0.05, 0) is 42.9 Å². The summed E-state index contributed by atoms with van der Waals surface area (Å²) in [7, 11) is -3.17. The Bertz CT molecular complexity index is 662. The van der Waals surface area contributed by atoms with E-state index in [2.05, 4.69) is 10.6 Å². The van der Waals surface area contributed by atoms with Gasteiger partial charge in [-0.2, -0.15) is 0 Å². The number of rotatable bonds is 4. The molecule has 0 spiro atoms. The van der Waals surface area contributed by atoms with Crippen LogP contribution in [0.5, 0.6) is 0 Å². The van der Waals surface area contributed by atoms with Gasteiger partial charge < -0.3 is 10.6 Å². The maximum atomic E-state index is 12.3. The summed E-state index contributed by atoms with van der Waals surface area (Å²) in [6, 6.07) is 7.09. The SMILES string of the molecule is CS(=O)(=O)c1ccc(CNC(=O)C2CC3CCCCC3N2)cc1.Cl. The van der Waals surface area contributed by atoms with Crippen molar-refractivity contribution in [3.8, 4) is 0 Å². The normalized spacial score (nSPS) is 26.3. The topological polar surface area (TPSA) is 75.3 Å². The number of carbonyl (C=O) groups excluding carboxylic acids is 1. The third-order valence-corrected chi connectivity index (χ3v) is 6.13. The Morgan fingerprint density at radius 3 is 2.50 bits per heavy atom. The molecule has 1 aromatic carbocycles. The number of nitrogens with one attached hydrogen (secondary N) is 2. The third-order valence-electron chi connectivity index (χ3n) is 5.00. The molecule has 24 heavy (non-hydrogen) atoms. The zero-order chi connectivity index (χ0) is 16.4. The number of hydrogen-bond donors (Lipinski definition) is 2. The first-order valence-electron chi connectivity index (χ1n) is 8.26. The lowest BCUT2D eigenvalue weighted by molar-refractivity contribution is -0.123. The van der Waals surface area contributed by atoms with Gasteiger partial charge in [0.15, 0.2) is 9.84 Å². The second kappa shape index (κ2) is 7.85. The summed E-state index contributed by atoms with van der Waals surface area (Å²) >= 11 is 0. The van der Waals surface area contributed by atoms with Crippen molar-refractivity contribution >= 4 is 28.2 Å². The van der Waals surface area contributed by atoms with Crippen LogP contribution in [0.25, 0.3) is 0 Å². The van der Waals surface area contributed by atoms with Crippen molar-refractivity contribution in [2.75, 3.05) is 6.26 Å². The maximum Gasteiger partial charge on any atom is 0.237 e. The van der Waals surface area contributed by atoms with Gasteiger partial charge in [0.2, 0.25) is 5.91 Å². The van der Waals surface area contributed by atoms with Crippen LogP contribution in [0.2, 0.25) is 0 Å². The van der Waals surface area contributed by atoms with Crippen molar-refractivity contribution in [2.45, 2.75) is 55.6 Å². The standard InChI is InChI=1S/C17H24N2O3S.ClH/c1-23(21,22)14-8-6-12(7-9-14)11-18-17(20)16-10-13-4-2-3-5-15(13)19-16;/h6-9,13,15-16,19H,2-5,10-11H2,1H3,(H,18,20);1H. The van der Waals surface area contributed by atoms with Crippen LogP contribution < -0.4 is 10.6 Å². The highest BCUT2D eigenvalue weighted by Crippen LogP contribution is 2.33. The van der Waals surface area contributed by atoms with E-state index >= 15 is 0 Å². The molecule has 2 fully saturated rings. The van der Waals surface area contributed by atoms with Crippen molar-refractivity contribution in [3.05, 3.63) is 29.8 Å². The van der Waals surface area contributed by atoms with Gasteiger partial charge in [0.05, 0.1) is 10.9 Å². The fourth-order valence-corrected chi connectivity index (χ4v) is 4.32. The second-order valence-corrected chi connectivity index (χ2v) is 8.76. The molecule has 1 saturated heterocycles. The summed E-state index contributed by atoms with van der Waals surface area (Å²) in [6.07, 6.45) is 7.08. The Morgan fingerprint density at radius 2 is 1.88 bits per heavy atom. The molecule has 0 bridgehead atoms. The van der Waals surface area contributed by atoms with Crippen LogP contribution in [-0.4, -0.2) is 32.7 Å². The van der Waals surface area contributed by atoms with Crippen molar-refractivity contribution in [1.29, 1.82) is 0 Å². The Kier molecular flexibility index (Phi) is 6.28. The molecular weight excluding hydrogens is 348 g/mol. The minimum absolute atomic E-state index is 0. The average Bonchev–Trinajstić information content (AvgIpc) is 2.96. The minimum Gasteiger partial charge on any atom is -0.351 e. The molecule has 7 heteroatoms. The van der Waals surface area contributed by atoms with E-state index in [1.54, 1.807) is 24.3 Å². The molecule has 1 aliphatic heterocycles. The van der Waals surface area contributed by atoms with Gasteiger partial charge in [-0.1, -0.05) is 25.0 Å². The fourth-order valence-electron chi connectivity index (χ4n) is 3.69. The molecule has 134 valence electrons. The van der Waals surface area contributed by atoms with Crippen LogP contribution in [0.4, 0.5) is 0 Å². The largest absolute Gasteiger partial charge is 0.351 e. The quantitative estimate of drug-likeness (QED) is 0.848. The van der Waals surface area contributed by atoms with Crippen LogP contribution >= 0.6 is 12.4 Å². The first-order chi connectivity index (χ1) is 10.9. The molecule has 3 atom stereocenters. The molecular formula is C17H25ClN2O3S. The van der Waals surface area contributed by atoms with Crippen molar-refractivity contribution in [3.63, 3.8) is 0 Å². The van der Waals surface area contributed by atoms with Gasteiger partial charge in [-0.25, -0.2) is 8.42 Å². The monoisotopic (exact) mass is 372 g/mol. The van der Waals surface area contributed by atoms with Gasteiger partial charge in [-0.3, -0.25) is 4.79 Å². The lowest BCUT2D eigenvalue weighted by atomic mass is 9.85. The number of hydrogen-bond acceptors (Lipinski definition) is 4. The Labute approximate surface area is 149 Å². The zero-order valence-electron chi connectivity index (χ0n) is 13.8. The summed E-state index contributed by atoms with van der Waals surface area (Å²) in [5.74, 6) is 0.695.